The Bertz CT molecular complexity index is 566. The minimum atomic E-state index is -0.470. The van der Waals surface area contributed by atoms with Crippen molar-refractivity contribution in [1.29, 1.82) is 0 Å². The first-order chi connectivity index (χ1) is 11.7. The lowest BCUT2D eigenvalue weighted by molar-refractivity contribution is -0.139. The third-order valence-electron chi connectivity index (χ3n) is 3.87. The van der Waals surface area contributed by atoms with Crippen molar-refractivity contribution in [2.24, 2.45) is 0 Å². The number of amides is 1. The van der Waals surface area contributed by atoms with E-state index in [0.29, 0.717) is 6.54 Å². The van der Waals surface area contributed by atoms with Gasteiger partial charge in [0.2, 0.25) is 0 Å². The van der Waals surface area contributed by atoms with E-state index in [4.69, 9.17) is 4.74 Å². The smallest absolute Gasteiger partial charge is 0.407 e. The summed E-state index contributed by atoms with van der Waals surface area (Å²) in [5, 5.41) is 2.75. The van der Waals surface area contributed by atoms with E-state index in [9.17, 15) is 9.59 Å². The predicted octanol–water partition coefficient (Wildman–Crippen LogP) is 2.46. The highest BCUT2D eigenvalue weighted by molar-refractivity contribution is 5.71. The van der Waals surface area contributed by atoms with Gasteiger partial charge in [0.15, 0.2) is 0 Å². The van der Waals surface area contributed by atoms with Crippen LogP contribution >= 0.6 is 0 Å². The number of nitrogens with one attached hydrogen (secondary N) is 1. The summed E-state index contributed by atoms with van der Waals surface area (Å²) in [6.45, 7) is 2.45. The number of rotatable bonds is 7. The van der Waals surface area contributed by atoms with Crippen molar-refractivity contribution in [3.8, 4) is 0 Å². The fourth-order valence-electron chi connectivity index (χ4n) is 2.54. The number of esters is 1. The molecule has 1 heterocycles. The van der Waals surface area contributed by atoms with Crippen LogP contribution < -0.4 is 5.32 Å². The van der Waals surface area contributed by atoms with Gasteiger partial charge in [0.1, 0.15) is 6.61 Å². The lowest BCUT2D eigenvalue weighted by Gasteiger charge is -2.22. The van der Waals surface area contributed by atoms with Crippen LogP contribution in [0.3, 0.4) is 0 Å². The van der Waals surface area contributed by atoms with E-state index < -0.39 is 6.09 Å². The Balaban J connectivity index is 1.82. The van der Waals surface area contributed by atoms with Gasteiger partial charge in [0.05, 0.1) is 20.1 Å². The number of benzene rings is 1. The first-order valence-corrected chi connectivity index (χ1v) is 8.14. The number of ether oxygens (including phenoxy) is 2. The van der Waals surface area contributed by atoms with Gasteiger partial charge in [-0.15, -0.1) is 0 Å². The number of alkyl carbamates (subject to hydrolysis) is 1. The normalized spacial score (nSPS) is 14.4. The topological polar surface area (TPSA) is 67.9 Å². The first-order valence-electron chi connectivity index (χ1n) is 8.14. The quantitative estimate of drug-likeness (QED) is 0.777. The Morgan fingerprint density at radius 2 is 1.92 bits per heavy atom. The SMILES string of the molecule is COC(=O)C/C=C(\CNC(=O)OCc1ccccc1)N1CCCC1. The molecule has 1 aromatic carbocycles. The monoisotopic (exact) mass is 332 g/mol. The molecule has 2 rings (SSSR count). The van der Waals surface area contributed by atoms with Gasteiger partial charge < -0.3 is 19.7 Å². The van der Waals surface area contributed by atoms with Gasteiger partial charge in [-0.25, -0.2) is 4.79 Å². The summed E-state index contributed by atoms with van der Waals surface area (Å²) < 4.78 is 9.86. The van der Waals surface area contributed by atoms with Crippen LogP contribution in [0, 0.1) is 0 Å². The van der Waals surface area contributed by atoms with Crippen molar-refractivity contribution in [1.82, 2.24) is 10.2 Å². The average Bonchev–Trinajstić information content (AvgIpc) is 3.15. The Morgan fingerprint density at radius 3 is 2.58 bits per heavy atom. The number of methoxy groups -OCH3 is 1. The van der Waals surface area contributed by atoms with Crippen molar-refractivity contribution >= 4 is 12.1 Å². The van der Waals surface area contributed by atoms with E-state index in [2.05, 4.69) is 15.0 Å². The molecule has 0 aromatic heterocycles. The average molecular weight is 332 g/mol. The Labute approximate surface area is 142 Å². The summed E-state index contributed by atoms with van der Waals surface area (Å²) in [4.78, 5) is 25.4. The molecule has 1 aliphatic rings. The van der Waals surface area contributed by atoms with Crippen molar-refractivity contribution in [3.63, 3.8) is 0 Å². The van der Waals surface area contributed by atoms with Gasteiger partial charge in [-0.3, -0.25) is 4.79 Å². The van der Waals surface area contributed by atoms with Crippen molar-refractivity contribution in [2.75, 3.05) is 26.7 Å². The molecule has 0 radical (unpaired) electrons. The zero-order valence-corrected chi connectivity index (χ0v) is 14.0. The summed E-state index contributed by atoms with van der Waals surface area (Å²) >= 11 is 0. The van der Waals surface area contributed by atoms with Crippen LogP contribution in [0.25, 0.3) is 0 Å². The largest absolute Gasteiger partial charge is 0.469 e. The van der Waals surface area contributed by atoms with Crippen LogP contribution in [-0.2, 0) is 20.9 Å². The molecule has 1 saturated heterocycles. The van der Waals surface area contributed by atoms with E-state index in [0.717, 1.165) is 37.2 Å². The zero-order chi connectivity index (χ0) is 17.2. The van der Waals surface area contributed by atoms with Crippen LogP contribution in [-0.4, -0.2) is 43.7 Å². The van der Waals surface area contributed by atoms with Crippen LogP contribution in [0.4, 0.5) is 4.79 Å². The fraction of sp³-hybridized carbons (Fsp3) is 0.444. The lowest BCUT2D eigenvalue weighted by atomic mass is 10.2. The number of likely N-dealkylation sites (tertiary alicyclic amines) is 1. The number of hydrogen-bond donors (Lipinski definition) is 1. The van der Waals surface area contributed by atoms with E-state index in [-0.39, 0.29) is 19.0 Å². The van der Waals surface area contributed by atoms with E-state index in [1.165, 1.54) is 7.11 Å². The van der Waals surface area contributed by atoms with Crippen molar-refractivity contribution in [3.05, 3.63) is 47.7 Å². The summed E-state index contributed by atoms with van der Waals surface area (Å²) in [7, 11) is 1.37. The molecule has 1 N–H and O–H groups in total. The predicted molar refractivity (Wildman–Crippen MR) is 90.2 cm³/mol. The summed E-state index contributed by atoms with van der Waals surface area (Å²) in [5.41, 5.74) is 1.86. The van der Waals surface area contributed by atoms with Gasteiger partial charge in [0, 0.05) is 18.8 Å². The van der Waals surface area contributed by atoms with Crippen LogP contribution in [0.1, 0.15) is 24.8 Å². The van der Waals surface area contributed by atoms with E-state index in [1.807, 2.05) is 36.4 Å². The molecule has 1 aliphatic heterocycles. The van der Waals surface area contributed by atoms with Gasteiger partial charge in [-0.2, -0.15) is 0 Å². The minimum absolute atomic E-state index is 0.197. The van der Waals surface area contributed by atoms with Gasteiger partial charge >= 0.3 is 12.1 Å². The lowest BCUT2D eigenvalue weighted by Crippen LogP contribution is -2.32. The molecule has 0 atom stereocenters. The van der Waals surface area contributed by atoms with E-state index in [1.54, 1.807) is 0 Å². The second kappa shape index (κ2) is 9.60. The summed E-state index contributed by atoms with van der Waals surface area (Å²) in [6.07, 6.45) is 3.78. The van der Waals surface area contributed by atoms with Crippen LogP contribution in [0.15, 0.2) is 42.1 Å². The molecule has 130 valence electrons. The molecular weight excluding hydrogens is 308 g/mol. The van der Waals surface area contributed by atoms with E-state index >= 15 is 0 Å². The Hall–Kier alpha value is -2.50. The molecule has 0 unspecified atom stereocenters. The summed E-state index contributed by atoms with van der Waals surface area (Å²) in [5.74, 6) is -0.293. The Morgan fingerprint density at radius 1 is 1.21 bits per heavy atom. The van der Waals surface area contributed by atoms with Crippen LogP contribution in [0.2, 0.25) is 0 Å². The molecular formula is C18H24N2O4. The summed E-state index contributed by atoms with van der Waals surface area (Å²) in [6, 6.07) is 9.52. The van der Waals surface area contributed by atoms with Crippen molar-refractivity contribution < 1.29 is 19.1 Å². The second-order valence-electron chi connectivity index (χ2n) is 5.59. The van der Waals surface area contributed by atoms with Crippen LogP contribution in [0.5, 0.6) is 0 Å². The number of carbonyl (C=O) groups is 2. The molecule has 0 spiro atoms. The van der Waals surface area contributed by atoms with Gasteiger partial charge in [0.25, 0.3) is 0 Å². The molecule has 24 heavy (non-hydrogen) atoms. The second-order valence-corrected chi connectivity index (χ2v) is 5.59. The maximum Gasteiger partial charge on any atom is 0.407 e. The minimum Gasteiger partial charge on any atom is -0.469 e. The van der Waals surface area contributed by atoms with Gasteiger partial charge in [-0.1, -0.05) is 36.4 Å². The molecule has 6 heteroatoms. The molecule has 1 fully saturated rings. The Kier molecular flexibility index (Phi) is 7.14. The third kappa shape index (κ3) is 5.95. The number of hydrogen-bond acceptors (Lipinski definition) is 5. The molecule has 1 aromatic rings. The number of carbonyl (C=O) groups excluding carboxylic acids is 2. The molecule has 0 bridgehead atoms. The maximum absolute atomic E-state index is 11.9. The third-order valence-corrected chi connectivity index (χ3v) is 3.87. The molecule has 0 saturated carbocycles. The zero-order valence-electron chi connectivity index (χ0n) is 14.0. The van der Waals surface area contributed by atoms with Gasteiger partial charge in [-0.05, 0) is 18.4 Å². The maximum atomic E-state index is 11.9. The molecule has 0 aliphatic carbocycles. The highest BCUT2D eigenvalue weighted by atomic mass is 16.5. The molecule has 1 amide bonds. The highest BCUT2D eigenvalue weighted by Gasteiger charge is 2.16. The number of nitrogens with zero attached hydrogens (tertiary/aromatic N) is 1. The first kappa shape index (κ1) is 17.8. The fourth-order valence-corrected chi connectivity index (χ4v) is 2.54. The highest BCUT2D eigenvalue weighted by Crippen LogP contribution is 2.15. The van der Waals surface area contributed by atoms with Crippen molar-refractivity contribution in [2.45, 2.75) is 25.9 Å². The standard InChI is InChI=1S/C18H24N2O4/c1-23-17(21)10-9-16(20-11-5-6-12-20)13-19-18(22)24-14-15-7-3-2-4-8-15/h2-4,7-9H,5-6,10-14H2,1H3,(H,19,22)/b16-9+. The molecule has 6 nitrogen and oxygen atoms in total.